The Morgan fingerprint density at radius 3 is 2.50 bits per heavy atom. The van der Waals surface area contributed by atoms with Gasteiger partial charge in [0.25, 0.3) is 10.1 Å². The van der Waals surface area contributed by atoms with Crippen LogP contribution >= 0.6 is 0 Å². The lowest BCUT2D eigenvalue weighted by atomic mass is 9.69. The van der Waals surface area contributed by atoms with Crippen molar-refractivity contribution in [3.05, 3.63) is 29.8 Å². The van der Waals surface area contributed by atoms with E-state index in [9.17, 15) is 18.0 Å². The van der Waals surface area contributed by atoms with Crippen LogP contribution in [0.25, 0.3) is 0 Å². The van der Waals surface area contributed by atoms with Crippen LogP contribution in [0.5, 0.6) is 0 Å². The molecule has 28 heavy (non-hydrogen) atoms. The summed E-state index contributed by atoms with van der Waals surface area (Å²) in [5.41, 5.74) is 0.933. The monoisotopic (exact) mass is 412 g/mol. The Hall–Kier alpha value is -1.97. The van der Waals surface area contributed by atoms with Gasteiger partial charge in [-0.2, -0.15) is 8.42 Å². The molecular weight excluding hydrogens is 388 g/mol. The molecule has 9 heteroatoms. The van der Waals surface area contributed by atoms with Crippen LogP contribution in [0.3, 0.4) is 0 Å². The van der Waals surface area contributed by atoms with Gasteiger partial charge in [-0.1, -0.05) is 17.7 Å². The first kappa shape index (κ1) is 20.8. The van der Waals surface area contributed by atoms with Crippen molar-refractivity contribution < 1.29 is 36.4 Å². The number of aryl methyl sites for hydroxylation is 1. The van der Waals surface area contributed by atoms with Crippen LogP contribution in [-0.4, -0.2) is 53.4 Å². The zero-order valence-electron chi connectivity index (χ0n) is 16.0. The van der Waals surface area contributed by atoms with Gasteiger partial charge in [0.1, 0.15) is 12.2 Å². The standard InChI is InChI=1S/C19H24O8S/c1-11-4-6-13(7-5-11)28(22,23)26-10-12-8-15-18(24-2)17(19(21)25-3)14(12)9-16(20)27-15/h4-7,12,14-15,17-18H,8-10H2,1-3H3/t12-,14+,15-,17+,18+/m0/s1. The van der Waals surface area contributed by atoms with Crippen molar-refractivity contribution in [1.29, 1.82) is 0 Å². The zero-order valence-corrected chi connectivity index (χ0v) is 16.8. The number of ether oxygens (including phenoxy) is 3. The third kappa shape index (κ3) is 4.06. The molecule has 2 saturated heterocycles. The highest BCUT2D eigenvalue weighted by Crippen LogP contribution is 2.44. The lowest BCUT2D eigenvalue weighted by molar-refractivity contribution is -0.170. The van der Waals surface area contributed by atoms with E-state index >= 15 is 0 Å². The molecule has 5 atom stereocenters. The molecule has 0 aromatic heterocycles. The lowest BCUT2D eigenvalue weighted by Gasteiger charge is -2.40. The Bertz CT molecular complexity index is 832. The minimum atomic E-state index is -3.95. The molecule has 3 aliphatic rings. The molecule has 154 valence electrons. The molecule has 1 aromatic carbocycles. The smallest absolute Gasteiger partial charge is 0.311 e. The quantitative estimate of drug-likeness (QED) is 0.511. The first-order chi connectivity index (χ1) is 13.3. The molecule has 2 bridgehead atoms. The fourth-order valence-electron chi connectivity index (χ4n) is 4.08. The highest BCUT2D eigenvalue weighted by atomic mass is 32.2. The maximum Gasteiger partial charge on any atom is 0.311 e. The predicted octanol–water partition coefficient (Wildman–Crippen LogP) is 1.46. The topological polar surface area (TPSA) is 105 Å². The lowest BCUT2D eigenvalue weighted by Crippen LogP contribution is -2.51. The second-order valence-electron chi connectivity index (χ2n) is 7.19. The summed E-state index contributed by atoms with van der Waals surface area (Å²) in [5.74, 6) is -2.53. The molecular formula is C19H24O8S. The third-order valence-corrected chi connectivity index (χ3v) is 6.80. The van der Waals surface area contributed by atoms with Crippen molar-refractivity contribution in [3.8, 4) is 0 Å². The molecule has 2 aliphatic heterocycles. The van der Waals surface area contributed by atoms with E-state index in [1.807, 2.05) is 6.92 Å². The average molecular weight is 412 g/mol. The third-order valence-electron chi connectivity index (χ3n) is 5.50. The molecule has 3 fully saturated rings. The molecule has 1 aromatic rings. The number of carbonyl (C=O) groups excluding carboxylic acids is 2. The number of hydrogen-bond acceptors (Lipinski definition) is 8. The van der Waals surface area contributed by atoms with Crippen LogP contribution in [0.2, 0.25) is 0 Å². The van der Waals surface area contributed by atoms with Gasteiger partial charge in [0, 0.05) is 13.5 Å². The van der Waals surface area contributed by atoms with Crippen LogP contribution in [0, 0.1) is 24.7 Å². The van der Waals surface area contributed by atoms with Gasteiger partial charge in [0.15, 0.2) is 0 Å². The summed E-state index contributed by atoms with van der Waals surface area (Å²) < 4.78 is 46.0. The molecule has 0 amide bonds. The Morgan fingerprint density at radius 2 is 1.89 bits per heavy atom. The molecule has 8 nitrogen and oxygen atoms in total. The number of hydrogen-bond donors (Lipinski definition) is 0. The minimum absolute atomic E-state index is 0.0191. The van der Waals surface area contributed by atoms with E-state index in [2.05, 4.69) is 0 Å². The summed E-state index contributed by atoms with van der Waals surface area (Å²) in [7, 11) is -1.24. The van der Waals surface area contributed by atoms with E-state index in [4.69, 9.17) is 18.4 Å². The Morgan fingerprint density at radius 1 is 1.21 bits per heavy atom. The summed E-state index contributed by atoms with van der Waals surface area (Å²) in [6, 6.07) is 6.34. The summed E-state index contributed by atoms with van der Waals surface area (Å²) in [5, 5.41) is 0. The van der Waals surface area contributed by atoms with Crippen molar-refractivity contribution >= 4 is 22.1 Å². The molecule has 0 unspecified atom stereocenters. The zero-order chi connectivity index (χ0) is 20.5. The van der Waals surface area contributed by atoms with Crippen LogP contribution in [0.15, 0.2) is 29.2 Å². The summed E-state index contributed by atoms with van der Waals surface area (Å²) in [4.78, 5) is 24.5. The number of methoxy groups -OCH3 is 2. The average Bonchev–Trinajstić information content (AvgIpc) is 2.91. The SMILES string of the molecule is COC(=O)[C@@H]1[C@@H]2CC(=O)O[C@@H](C[C@H]2COS(=O)(=O)c2ccc(C)cc2)[C@H]1OC. The minimum Gasteiger partial charge on any atom is -0.469 e. The van der Waals surface area contributed by atoms with Gasteiger partial charge in [-0.05, 0) is 37.3 Å². The first-order valence-electron chi connectivity index (χ1n) is 9.03. The highest BCUT2D eigenvalue weighted by molar-refractivity contribution is 7.86. The maximum absolute atomic E-state index is 12.5. The van der Waals surface area contributed by atoms with E-state index < -0.39 is 46.1 Å². The van der Waals surface area contributed by atoms with Crippen molar-refractivity contribution in [2.75, 3.05) is 20.8 Å². The van der Waals surface area contributed by atoms with E-state index in [1.54, 1.807) is 12.1 Å². The maximum atomic E-state index is 12.5. The second kappa shape index (κ2) is 8.18. The van der Waals surface area contributed by atoms with Gasteiger partial charge in [0.2, 0.25) is 0 Å². The van der Waals surface area contributed by atoms with Crippen LogP contribution < -0.4 is 0 Å². The number of fused-ring (bicyclic) bond motifs is 4. The second-order valence-corrected chi connectivity index (χ2v) is 8.81. The summed E-state index contributed by atoms with van der Waals surface area (Å²) in [6.45, 7) is 1.70. The largest absolute Gasteiger partial charge is 0.469 e. The Labute approximate surface area is 164 Å². The predicted molar refractivity (Wildman–Crippen MR) is 96.7 cm³/mol. The molecule has 0 N–H and O–H groups in total. The molecule has 0 radical (unpaired) electrons. The Kier molecular flexibility index (Phi) is 6.07. The van der Waals surface area contributed by atoms with Crippen LogP contribution in [0.4, 0.5) is 0 Å². The molecule has 2 heterocycles. The number of esters is 2. The van der Waals surface area contributed by atoms with Gasteiger partial charge in [0.05, 0.1) is 24.5 Å². The van der Waals surface area contributed by atoms with Gasteiger partial charge in [-0.3, -0.25) is 13.8 Å². The van der Waals surface area contributed by atoms with Crippen molar-refractivity contribution in [1.82, 2.24) is 0 Å². The molecule has 0 spiro atoms. The number of carbonyl (C=O) groups is 2. The van der Waals surface area contributed by atoms with Crippen LogP contribution in [0.1, 0.15) is 18.4 Å². The van der Waals surface area contributed by atoms with E-state index in [1.165, 1.54) is 26.4 Å². The highest BCUT2D eigenvalue weighted by Gasteiger charge is 2.54. The van der Waals surface area contributed by atoms with Crippen molar-refractivity contribution in [3.63, 3.8) is 0 Å². The summed E-state index contributed by atoms with van der Waals surface area (Å²) >= 11 is 0. The van der Waals surface area contributed by atoms with Crippen molar-refractivity contribution in [2.45, 2.75) is 36.9 Å². The number of rotatable bonds is 6. The fraction of sp³-hybridized carbons (Fsp3) is 0.579. The van der Waals surface area contributed by atoms with Gasteiger partial charge < -0.3 is 14.2 Å². The van der Waals surface area contributed by atoms with Crippen molar-refractivity contribution in [2.24, 2.45) is 17.8 Å². The number of benzene rings is 1. The van der Waals surface area contributed by atoms with E-state index in [0.29, 0.717) is 6.42 Å². The molecule has 1 aliphatic carbocycles. The normalized spacial score (nSPS) is 29.8. The Balaban J connectivity index is 1.81. The van der Waals surface area contributed by atoms with Gasteiger partial charge in [-0.25, -0.2) is 0 Å². The van der Waals surface area contributed by atoms with Gasteiger partial charge in [-0.15, -0.1) is 0 Å². The van der Waals surface area contributed by atoms with E-state index in [-0.39, 0.29) is 23.8 Å². The first-order valence-corrected chi connectivity index (χ1v) is 10.4. The molecule has 4 rings (SSSR count). The van der Waals surface area contributed by atoms with Gasteiger partial charge >= 0.3 is 11.9 Å². The van der Waals surface area contributed by atoms with Crippen LogP contribution in [-0.2, 0) is 38.1 Å². The fourth-order valence-corrected chi connectivity index (χ4v) is 5.04. The summed E-state index contributed by atoms with van der Waals surface area (Å²) in [6.07, 6.45) is -0.953. The molecule has 1 saturated carbocycles. The van der Waals surface area contributed by atoms with E-state index in [0.717, 1.165) is 5.56 Å².